The average Bonchev–Trinajstić information content (AvgIpc) is 2.01. The predicted molar refractivity (Wildman–Crippen MR) is 56.3 cm³/mol. The van der Waals surface area contributed by atoms with Gasteiger partial charge in [0.1, 0.15) is 0 Å². The van der Waals surface area contributed by atoms with E-state index < -0.39 is 0 Å². The van der Waals surface area contributed by atoms with Crippen molar-refractivity contribution in [3.05, 3.63) is 17.5 Å². The molecule has 0 amide bonds. The smallest absolute Gasteiger partial charge is 0.223 e. The van der Waals surface area contributed by atoms with Gasteiger partial charge < -0.3 is 10.4 Å². The van der Waals surface area contributed by atoms with E-state index in [1.807, 2.05) is 33.8 Å². The topological polar surface area (TPSA) is 58.0 Å². The number of nitrogens with one attached hydrogen (secondary N) is 1. The molecule has 0 atom stereocenters. The predicted octanol–water partition coefficient (Wildman–Crippen LogP) is 1.28. The Kier molecular flexibility index (Phi) is 3.06. The van der Waals surface area contributed by atoms with E-state index in [0.717, 1.165) is 11.4 Å². The van der Waals surface area contributed by atoms with E-state index in [0.29, 0.717) is 5.95 Å². The Hall–Kier alpha value is -1.16. The van der Waals surface area contributed by atoms with Crippen LogP contribution in [0, 0.1) is 13.8 Å². The zero-order valence-electron chi connectivity index (χ0n) is 9.13. The Balaban J connectivity index is 2.87. The third kappa shape index (κ3) is 2.96. The van der Waals surface area contributed by atoms with Gasteiger partial charge in [0.2, 0.25) is 5.95 Å². The number of nitrogens with zero attached hydrogens (tertiary/aromatic N) is 2. The monoisotopic (exact) mass is 195 g/mol. The van der Waals surface area contributed by atoms with Crippen molar-refractivity contribution in [1.29, 1.82) is 0 Å². The van der Waals surface area contributed by atoms with Gasteiger partial charge in [0, 0.05) is 11.4 Å². The highest BCUT2D eigenvalue weighted by atomic mass is 16.3. The molecule has 78 valence electrons. The summed E-state index contributed by atoms with van der Waals surface area (Å²) in [6.07, 6.45) is 0. The minimum absolute atomic E-state index is 0.0450. The lowest BCUT2D eigenvalue weighted by Crippen LogP contribution is -2.35. The summed E-state index contributed by atoms with van der Waals surface area (Å²) in [6, 6.07) is 1.91. The van der Waals surface area contributed by atoms with Crippen molar-refractivity contribution in [2.24, 2.45) is 0 Å². The van der Waals surface area contributed by atoms with Crippen molar-refractivity contribution in [1.82, 2.24) is 9.97 Å². The maximum absolute atomic E-state index is 9.08. The third-order valence-corrected chi connectivity index (χ3v) is 1.83. The Labute approximate surface area is 84.4 Å². The summed E-state index contributed by atoms with van der Waals surface area (Å²) in [5.74, 6) is 0.571. The zero-order valence-corrected chi connectivity index (χ0v) is 9.13. The van der Waals surface area contributed by atoms with Gasteiger partial charge in [0.15, 0.2) is 0 Å². The molecule has 1 aromatic rings. The molecule has 0 saturated carbocycles. The molecule has 0 aliphatic rings. The van der Waals surface area contributed by atoms with Crippen molar-refractivity contribution in [2.75, 3.05) is 11.9 Å². The first kappa shape index (κ1) is 10.9. The van der Waals surface area contributed by atoms with E-state index in [4.69, 9.17) is 5.11 Å². The van der Waals surface area contributed by atoms with Crippen LogP contribution in [0.1, 0.15) is 25.2 Å². The lowest BCUT2D eigenvalue weighted by atomic mass is 10.1. The molecule has 4 nitrogen and oxygen atoms in total. The van der Waals surface area contributed by atoms with Crippen molar-refractivity contribution >= 4 is 5.95 Å². The average molecular weight is 195 g/mol. The van der Waals surface area contributed by atoms with Gasteiger partial charge in [-0.3, -0.25) is 0 Å². The Morgan fingerprint density at radius 2 is 1.79 bits per heavy atom. The first-order chi connectivity index (χ1) is 6.43. The molecule has 0 fully saturated rings. The fourth-order valence-electron chi connectivity index (χ4n) is 1.12. The summed E-state index contributed by atoms with van der Waals surface area (Å²) in [7, 11) is 0. The molecular weight excluding hydrogens is 178 g/mol. The van der Waals surface area contributed by atoms with Gasteiger partial charge in [-0.05, 0) is 33.8 Å². The van der Waals surface area contributed by atoms with Crippen LogP contribution >= 0.6 is 0 Å². The van der Waals surface area contributed by atoms with Crippen molar-refractivity contribution in [2.45, 2.75) is 33.2 Å². The molecular formula is C10H17N3O. The number of aliphatic hydroxyl groups is 1. The van der Waals surface area contributed by atoms with E-state index in [9.17, 15) is 0 Å². The van der Waals surface area contributed by atoms with Crippen LogP contribution in [0.3, 0.4) is 0 Å². The largest absolute Gasteiger partial charge is 0.394 e. The number of aliphatic hydroxyl groups excluding tert-OH is 1. The molecule has 0 aliphatic carbocycles. The molecule has 0 aromatic carbocycles. The van der Waals surface area contributed by atoms with Crippen LogP contribution in [0.5, 0.6) is 0 Å². The second-order valence-electron chi connectivity index (χ2n) is 4.14. The molecule has 0 spiro atoms. The number of hydrogen-bond donors (Lipinski definition) is 2. The van der Waals surface area contributed by atoms with Gasteiger partial charge in [0.25, 0.3) is 0 Å². The maximum atomic E-state index is 9.08. The second kappa shape index (κ2) is 3.92. The van der Waals surface area contributed by atoms with Crippen LogP contribution in [0.2, 0.25) is 0 Å². The molecule has 4 heteroatoms. The van der Waals surface area contributed by atoms with Crippen LogP contribution in [0.15, 0.2) is 6.07 Å². The molecule has 0 unspecified atom stereocenters. The molecule has 0 radical (unpaired) electrons. The van der Waals surface area contributed by atoms with E-state index in [1.54, 1.807) is 0 Å². The quantitative estimate of drug-likeness (QED) is 0.762. The van der Waals surface area contributed by atoms with E-state index in [2.05, 4.69) is 15.3 Å². The van der Waals surface area contributed by atoms with Gasteiger partial charge in [-0.1, -0.05) is 0 Å². The summed E-state index contributed by atoms with van der Waals surface area (Å²) in [6.45, 7) is 7.68. The van der Waals surface area contributed by atoms with Crippen molar-refractivity contribution < 1.29 is 5.11 Å². The van der Waals surface area contributed by atoms with E-state index >= 15 is 0 Å². The second-order valence-corrected chi connectivity index (χ2v) is 4.14. The number of hydrogen-bond acceptors (Lipinski definition) is 4. The zero-order chi connectivity index (χ0) is 10.8. The van der Waals surface area contributed by atoms with Gasteiger partial charge >= 0.3 is 0 Å². The standard InChI is InChI=1S/C10H17N3O/c1-7-5-8(2)12-9(11-7)13-10(3,4)6-14/h5,14H,6H2,1-4H3,(H,11,12,13). The first-order valence-corrected chi connectivity index (χ1v) is 4.64. The highest BCUT2D eigenvalue weighted by Crippen LogP contribution is 2.11. The SMILES string of the molecule is Cc1cc(C)nc(NC(C)(C)CO)n1. The third-order valence-electron chi connectivity index (χ3n) is 1.83. The van der Waals surface area contributed by atoms with Gasteiger partial charge in [-0.2, -0.15) is 0 Å². The fourth-order valence-corrected chi connectivity index (χ4v) is 1.12. The normalized spacial score (nSPS) is 11.5. The number of aromatic nitrogens is 2. The summed E-state index contributed by atoms with van der Waals surface area (Å²) >= 11 is 0. The number of aryl methyl sites for hydroxylation is 2. The number of rotatable bonds is 3. The minimum Gasteiger partial charge on any atom is -0.394 e. The lowest BCUT2D eigenvalue weighted by Gasteiger charge is -2.23. The highest BCUT2D eigenvalue weighted by molar-refractivity contribution is 5.30. The first-order valence-electron chi connectivity index (χ1n) is 4.64. The summed E-state index contributed by atoms with van der Waals surface area (Å²) in [5, 5.41) is 12.2. The molecule has 0 saturated heterocycles. The van der Waals surface area contributed by atoms with Gasteiger partial charge in [0.05, 0.1) is 12.1 Å². The van der Waals surface area contributed by atoms with Crippen molar-refractivity contribution in [3.8, 4) is 0 Å². The molecule has 14 heavy (non-hydrogen) atoms. The molecule has 2 N–H and O–H groups in total. The van der Waals surface area contributed by atoms with E-state index in [1.165, 1.54) is 0 Å². The van der Waals surface area contributed by atoms with Crippen LogP contribution in [-0.2, 0) is 0 Å². The van der Waals surface area contributed by atoms with Crippen LogP contribution in [0.25, 0.3) is 0 Å². The molecule has 1 aromatic heterocycles. The van der Waals surface area contributed by atoms with Crippen molar-refractivity contribution in [3.63, 3.8) is 0 Å². The summed E-state index contributed by atoms with van der Waals surface area (Å²) in [5.41, 5.74) is 1.46. The Morgan fingerprint density at radius 1 is 1.29 bits per heavy atom. The minimum atomic E-state index is -0.389. The van der Waals surface area contributed by atoms with Gasteiger partial charge in [-0.25, -0.2) is 9.97 Å². The molecule has 1 rings (SSSR count). The Morgan fingerprint density at radius 3 is 2.21 bits per heavy atom. The summed E-state index contributed by atoms with van der Waals surface area (Å²) in [4.78, 5) is 8.47. The molecule has 1 heterocycles. The van der Waals surface area contributed by atoms with Crippen LogP contribution in [0.4, 0.5) is 5.95 Å². The van der Waals surface area contributed by atoms with Gasteiger partial charge in [-0.15, -0.1) is 0 Å². The fraction of sp³-hybridized carbons (Fsp3) is 0.600. The molecule has 0 aliphatic heterocycles. The lowest BCUT2D eigenvalue weighted by molar-refractivity contribution is 0.233. The number of anilines is 1. The maximum Gasteiger partial charge on any atom is 0.223 e. The Bertz CT molecular complexity index is 303. The van der Waals surface area contributed by atoms with E-state index in [-0.39, 0.29) is 12.1 Å². The van der Waals surface area contributed by atoms with Crippen LogP contribution in [-0.4, -0.2) is 27.2 Å². The highest BCUT2D eigenvalue weighted by Gasteiger charge is 2.17. The molecule has 0 bridgehead atoms. The van der Waals surface area contributed by atoms with Crippen LogP contribution < -0.4 is 5.32 Å². The summed E-state index contributed by atoms with van der Waals surface area (Å²) < 4.78 is 0.